The number of aliphatic hydroxyl groups excluding tert-OH is 2. The van der Waals surface area contributed by atoms with Crippen LogP contribution in [-0.2, 0) is 65.7 Å². The molecule has 0 unspecified atom stereocenters. The first-order chi connectivity index (χ1) is 31.2. The molecule has 2 aliphatic rings. The zero-order valence-electron chi connectivity index (χ0n) is 34.9. The van der Waals surface area contributed by atoms with E-state index in [-0.39, 0.29) is 37.8 Å². The van der Waals surface area contributed by atoms with E-state index in [1.807, 2.05) is 0 Å². The number of halogens is 1. The topological polar surface area (TPSA) is 240 Å². The molecule has 0 aliphatic carbocycles. The predicted octanol–water partition coefficient (Wildman–Crippen LogP) is 3.30. The van der Waals surface area contributed by atoms with Gasteiger partial charge in [-0.25, -0.2) is 4.79 Å². The lowest BCUT2D eigenvalue weighted by Gasteiger charge is -2.27. The highest BCUT2D eigenvalue weighted by molar-refractivity contribution is 9.10. The summed E-state index contributed by atoms with van der Waals surface area (Å²) in [5.74, 6) is -7.69. The number of hydrogen-bond acceptors (Lipinski definition) is 10. The number of hydrogen-bond donors (Lipinski definition) is 8. The van der Waals surface area contributed by atoms with Crippen LogP contribution < -0.4 is 26.6 Å². The Morgan fingerprint density at radius 2 is 1.18 bits per heavy atom. The van der Waals surface area contributed by atoms with Crippen LogP contribution >= 0.6 is 27.3 Å². The van der Waals surface area contributed by atoms with E-state index in [0.29, 0.717) is 27.1 Å². The number of fused-ring (bicyclic) bond motifs is 18. The van der Waals surface area contributed by atoms with Crippen LogP contribution in [0.3, 0.4) is 0 Å². The lowest BCUT2D eigenvalue weighted by Crippen LogP contribution is -2.59. The number of Topliss-reactive ketones (excluding diaryl/α,β-unsaturated/α-hetero) is 1. The first-order valence-corrected chi connectivity index (χ1v) is 22.5. The number of ketones is 1. The molecule has 0 radical (unpaired) electrons. The Bertz CT molecular complexity index is 2440. The Balaban J connectivity index is 1.38. The van der Waals surface area contributed by atoms with Crippen molar-refractivity contribution in [2.75, 3.05) is 5.32 Å². The van der Waals surface area contributed by atoms with E-state index in [0.717, 1.165) is 4.47 Å². The van der Waals surface area contributed by atoms with Gasteiger partial charge in [-0.1, -0.05) is 107 Å². The number of amides is 5. The Hall–Kier alpha value is -6.53. The number of anilines is 1. The molecular weight excluding hydrogens is 919 g/mol. The molecule has 4 aromatic carbocycles. The second-order valence-electron chi connectivity index (χ2n) is 15.7. The number of carboxylic acid groups (broad SMARTS) is 1. The second-order valence-corrected chi connectivity index (χ2v) is 17.7. The molecule has 5 aromatic rings. The number of carbonyl (C=O) groups is 7. The predicted molar refractivity (Wildman–Crippen MR) is 245 cm³/mol. The van der Waals surface area contributed by atoms with Crippen molar-refractivity contribution in [3.8, 4) is 0 Å². The Kier molecular flexibility index (Phi) is 16.9. The third kappa shape index (κ3) is 14.0. The number of benzene rings is 4. The molecule has 0 fully saturated rings. The minimum Gasteiger partial charge on any atom is -0.480 e. The van der Waals surface area contributed by atoms with E-state index < -0.39 is 90.0 Å². The highest BCUT2D eigenvalue weighted by atomic mass is 79.9. The molecule has 8 N–H and O–H groups in total. The van der Waals surface area contributed by atoms with Gasteiger partial charge in [-0.05, 0) is 70.8 Å². The fourth-order valence-corrected chi connectivity index (χ4v) is 8.31. The summed E-state index contributed by atoms with van der Waals surface area (Å²) >= 11 is 4.69. The third-order valence-corrected chi connectivity index (χ3v) is 12.3. The van der Waals surface area contributed by atoms with Crippen LogP contribution in [0.4, 0.5) is 5.69 Å². The summed E-state index contributed by atoms with van der Waals surface area (Å²) in [6.07, 6.45) is -5.31. The van der Waals surface area contributed by atoms with Crippen LogP contribution in [0.25, 0.3) is 0 Å². The van der Waals surface area contributed by atoms with Gasteiger partial charge in [0, 0.05) is 46.6 Å². The van der Waals surface area contributed by atoms with Crippen LogP contribution in [0.2, 0.25) is 0 Å². The molecule has 7 atom stereocenters. The quantitative estimate of drug-likeness (QED) is 0.0899. The Morgan fingerprint density at radius 3 is 1.80 bits per heavy atom. The number of nitrogens with one attached hydrogen (secondary N) is 5. The maximum atomic E-state index is 14.6. The van der Waals surface area contributed by atoms with Gasteiger partial charge in [-0.2, -0.15) is 0 Å². The van der Waals surface area contributed by atoms with Gasteiger partial charge in [-0.15, -0.1) is 11.3 Å². The summed E-state index contributed by atoms with van der Waals surface area (Å²) in [5.41, 5.74) is 2.62. The second kappa shape index (κ2) is 22.9. The van der Waals surface area contributed by atoms with Crippen molar-refractivity contribution in [3.63, 3.8) is 0 Å². The van der Waals surface area contributed by atoms with Gasteiger partial charge in [0.05, 0.1) is 6.04 Å². The largest absolute Gasteiger partial charge is 0.480 e. The van der Waals surface area contributed by atoms with E-state index in [2.05, 4.69) is 42.5 Å². The van der Waals surface area contributed by atoms with E-state index in [9.17, 15) is 48.9 Å². The molecule has 0 saturated heterocycles. The van der Waals surface area contributed by atoms with Crippen molar-refractivity contribution in [2.45, 2.75) is 74.9 Å². The third-order valence-electron chi connectivity index (χ3n) is 10.8. The van der Waals surface area contributed by atoms with Crippen molar-refractivity contribution < 1.29 is 48.9 Å². The van der Waals surface area contributed by atoms with Gasteiger partial charge >= 0.3 is 5.97 Å². The molecule has 7 rings (SSSR count). The number of carboxylic acids is 1. The van der Waals surface area contributed by atoms with Gasteiger partial charge in [0.15, 0.2) is 18.0 Å². The summed E-state index contributed by atoms with van der Waals surface area (Å²) in [4.78, 5) is 97.3. The molecule has 17 heteroatoms. The number of aliphatic carboxylic acids is 1. The SMILES string of the molecule is O=C(N[C@@H](Cc1ccccc1)C(=O)O)[C@@H]1CC(=O)[C@@H](Cc2ccccc2)NC(=O)[C@H](Cc2ccc(Br)cc2)NC(=O)[C@@H](Cc2cccs2)NC(=O)[C@H](O)[C@@H](O)C(=O)Nc2ccc(cc2)C1. The van der Waals surface area contributed by atoms with E-state index in [1.54, 1.807) is 115 Å². The molecule has 1 aromatic heterocycles. The van der Waals surface area contributed by atoms with E-state index in [1.165, 1.54) is 23.5 Å². The molecule has 0 saturated carbocycles. The number of thiophene rings is 1. The molecule has 3 heterocycles. The molecule has 2 bridgehead atoms. The number of aliphatic hydroxyl groups is 2. The molecule has 338 valence electrons. The van der Waals surface area contributed by atoms with Gasteiger partial charge in [0.2, 0.25) is 17.7 Å². The summed E-state index contributed by atoms with van der Waals surface area (Å²) in [6.45, 7) is 0. The minimum absolute atomic E-state index is 0.00384. The van der Waals surface area contributed by atoms with E-state index in [4.69, 9.17) is 0 Å². The standard InChI is InChI=1S/C48H48BrN5O10S/c49-33-17-13-31(14-18-33)24-37-44(59)51-36(23-28-8-3-1-4-9-28)40(55)26-32(43(58)54-39(48(63)64)25-29-10-5-2-6-11-29)22-30-15-19-34(20-16-30)50-46(61)41(56)42(57)47(62)53-38(45(60)52-37)27-35-12-7-21-65-35/h1-21,32,36-39,41-42,56-57H,22-27H2,(H,50,61)(H,51,59)(H,52,60)(H,53,62)(H,54,58)(H,63,64)/t32-,36+,37-,38+,39-,41+,42+/m0/s1. The van der Waals surface area contributed by atoms with Crippen LogP contribution in [0, 0.1) is 5.92 Å². The summed E-state index contributed by atoms with van der Waals surface area (Å²) < 4.78 is 0.757. The monoisotopic (exact) mass is 965 g/mol. The van der Waals surface area contributed by atoms with Crippen molar-refractivity contribution in [1.82, 2.24) is 21.3 Å². The lowest BCUT2D eigenvalue weighted by molar-refractivity contribution is -0.144. The maximum absolute atomic E-state index is 14.6. The van der Waals surface area contributed by atoms with Crippen molar-refractivity contribution in [3.05, 3.63) is 158 Å². The lowest BCUT2D eigenvalue weighted by atomic mass is 9.89. The summed E-state index contributed by atoms with van der Waals surface area (Å²) in [6, 6.07) is 28.7. The maximum Gasteiger partial charge on any atom is 0.326 e. The number of carbonyl (C=O) groups excluding carboxylic acids is 6. The fraction of sp³-hybridized carbons (Fsp3) is 0.271. The fourth-order valence-electron chi connectivity index (χ4n) is 7.30. The average Bonchev–Trinajstić information content (AvgIpc) is 3.82. The highest BCUT2D eigenvalue weighted by Gasteiger charge is 2.36. The van der Waals surface area contributed by atoms with Gasteiger partial charge in [0.1, 0.15) is 18.1 Å². The van der Waals surface area contributed by atoms with Gasteiger partial charge < -0.3 is 41.9 Å². The smallest absolute Gasteiger partial charge is 0.326 e. The Morgan fingerprint density at radius 1 is 0.631 bits per heavy atom. The molecule has 65 heavy (non-hydrogen) atoms. The molecule has 2 aliphatic heterocycles. The van der Waals surface area contributed by atoms with Crippen LogP contribution in [-0.4, -0.2) is 93.0 Å². The van der Waals surface area contributed by atoms with Crippen LogP contribution in [0.5, 0.6) is 0 Å². The molecule has 0 spiro atoms. The van der Waals surface area contributed by atoms with Gasteiger partial charge in [-0.3, -0.25) is 28.8 Å². The normalized spacial score (nSPS) is 21.7. The average molecular weight is 967 g/mol. The first-order valence-electron chi connectivity index (χ1n) is 20.8. The molecule has 5 amide bonds. The zero-order chi connectivity index (χ0) is 46.5. The van der Waals surface area contributed by atoms with Crippen LogP contribution in [0.1, 0.15) is 33.6 Å². The van der Waals surface area contributed by atoms with Crippen molar-refractivity contribution in [2.24, 2.45) is 5.92 Å². The van der Waals surface area contributed by atoms with E-state index >= 15 is 0 Å². The van der Waals surface area contributed by atoms with Crippen molar-refractivity contribution in [1.29, 1.82) is 0 Å². The summed E-state index contributed by atoms with van der Waals surface area (Å²) in [5, 5.41) is 46.7. The highest BCUT2D eigenvalue weighted by Crippen LogP contribution is 2.21. The molecular formula is C48H48BrN5O10S. The first kappa shape index (κ1) is 47.9. The summed E-state index contributed by atoms with van der Waals surface area (Å²) in [7, 11) is 0. The zero-order valence-corrected chi connectivity index (χ0v) is 37.3. The van der Waals surface area contributed by atoms with Gasteiger partial charge in [0.25, 0.3) is 11.8 Å². The number of rotatable bonds is 11. The van der Waals surface area contributed by atoms with Crippen molar-refractivity contribution >= 4 is 74.2 Å². The molecule has 15 nitrogen and oxygen atoms in total. The van der Waals surface area contributed by atoms with Crippen LogP contribution in [0.15, 0.2) is 131 Å². The minimum atomic E-state index is -2.32. The Labute approximate surface area is 387 Å².